The van der Waals surface area contributed by atoms with Gasteiger partial charge in [-0.3, -0.25) is 4.90 Å². The second-order valence-corrected chi connectivity index (χ2v) is 16.3. The van der Waals surface area contributed by atoms with Crippen LogP contribution in [-0.2, 0) is 59.6 Å². The number of hydrogen-bond acceptors (Lipinski definition) is 9. The largest absolute Gasteiger partial charge is 0.444 e. The van der Waals surface area contributed by atoms with E-state index in [-0.39, 0.29) is 19.6 Å². The van der Waals surface area contributed by atoms with Crippen LogP contribution in [0, 0.1) is 0 Å². The van der Waals surface area contributed by atoms with Crippen LogP contribution in [0.15, 0.2) is 121 Å². The Morgan fingerprint density at radius 3 is 1.61 bits per heavy atom. The Labute approximate surface area is 337 Å². The highest BCUT2D eigenvalue weighted by molar-refractivity contribution is 5.70. The first kappa shape index (κ1) is 42.5. The third-order valence-electron chi connectivity index (χ3n) is 10.3. The van der Waals surface area contributed by atoms with Crippen LogP contribution in [0.2, 0.25) is 0 Å². The van der Waals surface area contributed by atoms with Crippen LogP contribution in [0.4, 0.5) is 4.79 Å². The second kappa shape index (κ2) is 20.0. The smallest absolute Gasteiger partial charge is 0.412 e. The van der Waals surface area contributed by atoms with E-state index in [1.54, 1.807) is 0 Å². The summed E-state index contributed by atoms with van der Waals surface area (Å²) < 4.78 is 45.7. The Balaban J connectivity index is 1.29. The number of hydrogen-bond donors (Lipinski definition) is 1. The van der Waals surface area contributed by atoms with Gasteiger partial charge in [0, 0.05) is 0 Å². The number of aliphatic hydroxyl groups is 1. The summed E-state index contributed by atoms with van der Waals surface area (Å²) >= 11 is 0. The van der Waals surface area contributed by atoms with Gasteiger partial charge in [-0.25, -0.2) is 4.79 Å². The Morgan fingerprint density at radius 1 is 0.702 bits per heavy atom. The third-order valence-corrected chi connectivity index (χ3v) is 10.3. The molecule has 306 valence electrons. The van der Waals surface area contributed by atoms with Crippen molar-refractivity contribution in [1.29, 1.82) is 0 Å². The molecule has 2 aliphatic rings. The molecule has 57 heavy (non-hydrogen) atoms. The van der Waals surface area contributed by atoms with Gasteiger partial charge in [-0.2, -0.15) is 0 Å². The lowest BCUT2D eigenvalue weighted by molar-refractivity contribution is -0.274. The third kappa shape index (κ3) is 12.2. The minimum absolute atomic E-state index is 0.168. The summed E-state index contributed by atoms with van der Waals surface area (Å²) in [5.41, 5.74) is 2.42. The normalized spacial score (nSPS) is 23.9. The zero-order valence-corrected chi connectivity index (χ0v) is 33.9. The van der Waals surface area contributed by atoms with Crippen LogP contribution in [0.3, 0.4) is 0 Å². The van der Waals surface area contributed by atoms with E-state index in [1.165, 1.54) is 4.90 Å². The fourth-order valence-corrected chi connectivity index (χ4v) is 7.43. The minimum atomic E-state index is -0.961. The lowest BCUT2D eigenvalue weighted by Gasteiger charge is -2.46. The molecule has 6 rings (SSSR count). The summed E-state index contributed by atoms with van der Waals surface area (Å²) in [6, 6.07) is 39.5. The Bertz CT molecular complexity index is 1770. The molecule has 0 aliphatic carbocycles. The standard InChI is InChI=1S/C47H59NO9/c1-46(2,3)57-45(50)48-38(32-55-47(48,4)5)39(49)26-27-40-42(52-29-35-20-12-7-13-21-35)44(54-31-37-24-16-9-17-25-37)43(53-30-36-22-14-8-15-23-36)41(56-40)33-51-28-34-18-10-6-11-19-34/h6-25,38-44,49H,26-33H2,1-5H3/t38-,39+,40+,41-,42+,43-,44-/m1/s1. The van der Waals surface area contributed by atoms with Crippen molar-refractivity contribution in [1.82, 2.24) is 4.90 Å². The molecule has 4 aromatic carbocycles. The summed E-state index contributed by atoms with van der Waals surface area (Å²) in [6.45, 7) is 10.9. The first-order valence-electron chi connectivity index (χ1n) is 20.0. The highest BCUT2D eigenvalue weighted by Crippen LogP contribution is 2.36. The zero-order chi connectivity index (χ0) is 40.3. The molecule has 4 aromatic rings. The SMILES string of the molecule is CC(C)(C)OC(=O)N1[C@@H]([C@@H](O)CC[C@@H]2O[C@H](COCc3ccccc3)[C@@H](OCc3ccccc3)[C@H](OCc3ccccc3)[C@H]2OCc2ccccc2)COC1(C)C. The predicted octanol–water partition coefficient (Wildman–Crippen LogP) is 8.24. The van der Waals surface area contributed by atoms with Crippen LogP contribution < -0.4 is 0 Å². The van der Waals surface area contributed by atoms with E-state index in [9.17, 15) is 9.90 Å². The van der Waals surface area contributed by atoms with Crippen LogP contribution in [-0.4, -0.2) is 83.3 Å². The summed E-state index contributed by atoms with van der Waals surface area (Å²) in [5.74, 6) is 0. The number of amides is 1. The zero-order valence-electron chi connectivity index (χ0n) is 33.9. The number of aliphatic hydroxyl groups excluding tert-OH is 1. The van der Waals surface area contributed by atoms with Crippen LogP contribution in [0.25, 0.3) is 0 Å². The minimum Gasteiger partial charge on any atom is -0.444 e. The fourth-order valence-electron chi connectivity index (χ4n) is 7.43. The van der Waals surface area contributed by atoms with Gasteiger partial charge >= 0.3 is 6.09 Å². The van der Waals surface area contributed by atoms with Crippen LogP contribution in [0.5, 0.6) is 0 Å². The molecule has 0 unspecified atom stereocenters. The summed E-state index contributed by atoms with van der Waals surface area (Å²) in [5, 5.41) is 11.8. The first-order valence-corrected chi connectivity index (χ1v) is 20.0. The van der Waals surface area contributed by atoms with Gasteiger partial charge in [0.1, 0.15) is 35.7 Å². The molecular weight excluding hydrogens is 723 g/mol. The summed E-state index contributed by atoms with van der Waals surface area (Å²) in [4.78, 5) is 15.0. The van der Waals surface area contributed by atoms with Crippen molar-refractivity contribution < 1.29 is 43.1 Å². The lowest BCUT2D eigenvalue weighted by atomic mass is 9.90. The van der Waals surface area contributed by atoms with Gasteiger partial charge in [0.25, 0.3) is 0 Å². The van der Waals surface area contributed by atoms with Crippen molar-refractivity contribution in [2.75, 3.05) is 13.2 Å². The topological polar surface area (TPSA) is 105 Å². The van der Waals surface area contributed by atoms with E-state index in [1.807, 2.05) is 156 Å². The molecule has 10 heteroatoms. The van der Waals surface area contributed by atoms with Gasteiger partial charge in [0.2, 0.25) is 0 Å². The molecule has 2 heterocycles. The predicted molar refractivity (Wildman–Crippen MR) is 217 cm³/mol. The van der Waals surface area contributed by atoms with E-state index in [4.69, 9.17) is 33.2 Å². The monoisotopic (exact) mass is 781 g/mol. The average molecular weight is 782 g/mol. The maximum atomic E-state index is 13.5. The number of rotatable bonds is 17. The van der Waals surface area contributed by atoms with Crippen molar-refractivity contribution in [2.24, 2.45) is 0 Å². The van der Waals surface area contributed by atoms with Crippen LogP contribution in [0.1, 0.15) is 69.7 Å². The molecule has 2 saturated heterocycles. The van der Waals surface area contributed by atoms with Gasteiger partial charge < -0.3 is 38.3 Å². The molecule has 10 nitrogen and oxygen atoms in total. The van der Waals surface area contributed by atoms with E-state index in [2.05, 4.69) is 0 Å². The maximum Gasteiger partial charge on any atom is 0.412 e. The van der Waals surface area contributed by atoms with Gasteiger partial charge in [-0.05, 0) is 69.7 Å². The number of carbonyl (C=O) groups is 1. The number of ether oxygens (including phenoxy) is 7. The highest BCUT2D eigenvalue weighted by Gasteiger charge is 2.51. The Kier molecular flexibility index (Phi) is 14.9. The van der Waals surface area contributed by atoms with Gasteiger partial charge in [-0.1, -0.05) is 121 Å². The van der Waals surface area contributed by atoms with Gasteiger partial charge in [0.15, 0.2) is 0 Å². The molecule has 0 saturated carbocycles. The first-order chi connectivity index (χ1) is 27.5. The van der Waals surface area contributed by atoms with E-state index in [0.29, 0.717) is 32.8 Å². The van der Waals surface area contributed by atoms with Gasteiger partial charge in [-0.15, -0.1) is 0 Å². The van der Waals surface area contributed by atoms with Crippen molar-refractivity contribution in [3.63, 3.8) is 0 Å². The number of benzene rings is 4. The van der Waals surface area contributed by atoms with E-state index < -0.39 is 60.1 Å². The molecule has 2 aliphatic heterocycles. The van der Waals surface area contributed by atoms with Crippen LogP contribution >= 0.6 is 0 Å². The van der Waals surface area contributed by atoms with Gasteiger partial charge in [0.05, 0.1) is 57.9 Å². The average Bonchev–Trinajstić information content (AvgIpc) is 3.53. The number of carbonyl (C=O) groups excluding carboxylic acids is 1. The van der Waals surface area contributed by atoms with Crippen molar-refractivity contribution in [3.05, 3.63) is 144 Å². The summed E-state index contributed by atoms with van der Waals surface area (Å²) in [6.07, 6.45) is -3.60. The summed E-state index contributed by atoms with van der Waals surface area (Å²) in [7, 11) is 0. The molecule has 0 radical (unpaired) electrons. The molecule has 1 amide bonds. The molecular formula is C47H59NO9. The highest BCUT2D eigenvalue weighted by atomic mass is 16.6. The quantitative estimate of drug-likeness (QED) is 0.113. The van der Waals surface area contributed by atoms with Crippen molar-refractivity contribution in [2.45, 2.75) is 128 Å². The maximum absolute atomic E-state index is 13.5. The lowest BCUT2D eigenvalue weighted by Crippen LogP contribution is -2.61. The molecule has 0 aromatic heterocycles. The van der Waals surface area contributed by atoms with E-state index in [0.717, 1.165) is 22.3 Å². The molecule has 0 bridgehead atoms. The van der Waals surface area contributed by atoms with Crippen molar-refractivity contribution in [3.8, 4) is 0 Å². The molecule has 1 N–H and O–H groups in total. The fraction of sp³-hybridized carbons (Fsp3) is 0.468. The van der Waals surface area contributed by atoms with Crippen molar-refractivity contribution >= 4 is 6.09 Å². The molecule has 0 spiro atoms. The Hall–Kier alpha value is -4.13. The van der Waals surface area contributed by atoms with E-state index >= 15 is 0 Å². The number of nitrogens with zero attached hydrogens (tertiary/aromatic N) is 1. The second-order valence-electron chi connectivity index (χ2n) is 16.3. The molecule has 2 fully saturated rings. The Morgan fingerprint density at radius 2 is 1.14 bits per heavy atom. The molecule has 7 atom stereocenters.